The van der Waals surface area contributed by atoms with Gasteiger partial charge in [0, 0.05) is 17.9 Å². The molecule has 0 aromatic heterocycles. The van der Waals surface area contributed by atoms with E-state index < -0.39 is 34.2 Å². The molecule has 0 saturated heterocycles. The summed E-state index contributed by atoms with van der Waals surface area (Å²) in [5.74, 6) is -0.0983. The van der Waals surface area contributed by atoms with Gasteiger partial charge in [-0.05, 0) is 106 Å². The third kappa shape index (κ3) is 4.67. The van der Waals surface area contributed by atoms with Crippen LogP contribution in [0.15, 0.2) is 11.6 Å². The monoisotopic (exact) mass is 520 g/mol. The first-order chi connectivity index (χ1) is 17.0. The van der Waals surface area contributed by atoms with E-state index in [0.29, 0.717) is 32.3 Å². The highest BCUT2D eigenvalue weighted by Gasteiger charge is 2.68. The molecule has 0 spiro atoms. The number of ether oxygens (including phenoxy) is 1. The Morgan fingerprint density at radius 2 is 1.76 bits per heavy atom. The maximum Gasteiger partial charge on any atom is 0.159 e. The molecule has 212 valence electrons. The van der Waals surface area contributed by atoms with E-state index in [9.17, 15) is 25.2 Å². The van der Waals surface area contributed by atoms with E-state index in [0.717, 1.165) is 37.7 Å². The van der Waals surface area contributed by atoms with E-state index in [-0.39, 0.29) is 35.1 Å². The second-order valence-corrected chi connectivity index (χ2v) is 14.6. The van der Waals surface area contributed by atoms with Crippen LogP contribution in [0.5, 0.6) is 0 Å². The average Bonchev–Trinajstić information content (AvgIpc) is 3.07. The fourth-order valence-electron chi connectivity index (χ4n) is 9.20. The molecule has 4 N–H and O–H groups in total. The van der Waals surface area contributed by atoms with Gasteiger partial charge in [-0.25, -0.2) is 0 Å². The van der Waals surface area contributed by atoms with Crippen LogP contribution in [0.4, 0.5) is 0 Å². The zero-order chi connectivity index (χ0) is 27.6. The summed E-state index contributed by atoms with van der Waals surface area (Å²) in [6, 6.07) is 0. The minimum Gasteiger partial charge on any atom is -0.390 e. The van der Waals surface area contributed by atoms with E-state index in [1.54, 1.807) is 6.08 Å². The van der Waals surface area contributed by atoms with Crippen LogP contribution >= 0.6 is 0 Å². The highest BCUT2D eigenvalue weighted by atomic mass is 16.5. The summed E-state index contributed by atoms with van der Waals surface area (Å²) in [5.41, 5.74) is -2.06. The van der Waals surface area contributed by atoms with Crippen LogP contribution in [0.25, 0.3) is 0 Å². The second-order valence-electron chi connectivity index (χ2n) is 14.6. The van der Waals surface area contributed by atoms with Crippen molar-refractivity contribution in [1.29, 1.82) is 0 Å². The molecule has 4 aliphatic rings. The predicted octanol–water partition coefficient (Wildman–Crippen LogP) is 4.56. The highest BCUT2D eigenvalue weighted by molar-refractivity contribution is 5.95. The first-order valence-electron chi connectivity index (χ1n) is 14.7. The third-order valence-electron chi connectivity index (χ3n) is 11.4. The Morgan fingerprint density at radius 1 is 1.08 bits per heavy atom. The Morgan fingerprint density at radius 3 is 2.38 bits per heavy atom. The van der Waals surface area contributed by atoms with Crippen molar-refractivity contribution in [2.45, 2.75) is 136 Å². The Kier molecular flexibility index (Phi) is 7.65. The Hall–Kier alpha value is -0.790. The first kappa shape index (κ1) is 29.2. The summed E-state index contributed by atoms with van der Waals surface area (Å²) < 4.78 is 6.44. The van der Waals surface area contributed by atoms with E-state index in [2.05, 4.69) is 34.6 Å². The molecule has 0 aromatic rings. The first-order valence-corrected chi connectivity index (χ1v) is 14.7. The van der Waals surface area contributed by atoms with E-state index in [4.69, 9.17) is 4.74 Å². The van der Waals surface area contributed by atoms with Gasteiger partial charge in [0.25, 0.3) is 0 Å². The molecule has 6 heteroatoms. The molecular weight excluding hydrogens is 468 g/mol. The summed E-state index contributed by atoms with van der Waals surface area (Å²) in [4.78, 5) is 13.4. The fourth-order valence-corrected chi connectivity index (χ4v) is 9.20. The Labute approximate surface area is 223 Å². The van der Waals surface area contributed by atoms with Gasteiger partial charge in [-0.2, -0.15) is 0 Å². The average molecular weight is 521 g/mol. The molecule has 0 aliphatic heterocycles. The Balaban J connectivity index is 1.68. The maximum atomic E-state index is 13.4. The number of carbonyl (C=O) groups excluding carboxylic acids is 1. The molecule has 4 aliphatic carbocycles. The molecule has 0 radical (unpaired) electrons. The van der Waals surface area contributed by atoms with E-state index >= 15 is 0 Å². The van der Waals surface area contributed by atoms with Crippen LogP contribution in [0.2, 0.25) is 0 Å². The summed E-state index contributed by atoms with van der Waals surface area (Å²) >= 11 is 0. The minimum absolute atomic E-state index is 0.00517. The van der Waals surface area contributed by atoms with Crippen molar-refractivity contribution in [3.05, 3.63) is 11.6 Å². The van der Waals surface area contributed by atoms with Gasteiger partial charge < -0.3 is 25.2 Å². The SMILES string of the molecule is CCCO[C@H](CCC(C)(C)O)C(C)(C)C1CC[C@@]2(O)C3=CC(=O)C4C[C@@H](O)[C@@H](O)CC4(C)C3CCC12C. The van der Waals surface area contributed by atoms with Crippen molar-refractivity contribution in [2.75, 3.05) is 6.61 Å². The minimum atomic E-state index is -1.08. The summed E-state index contributed by atoms with van der Waals surface area (Å²) in [7, 11) is 0. The van der Waals surface area contributed by atoms with Gasteiger partial charge in [0.15, 0.2) is 5.78 Å². The van der Waals surface area contributed by atoms with Crippen LogP contribution in [-0.4, -0.2) is 62.3 Å². The lowest BCUT2D eigenvalue weighted by molar-refractivity contribution is -0.161. The summed E-state index contributed by atoms with van der Waals surface area (Å²) in [6.45, 7) is 15.3. The van der Waals surface area contributed by atoms with Gasteiger partial charge >= 0.3 is 0 Å². The summed E-state index contributed by atoms with van der Waals surface area (Å²) in [6.07, 6.45) is 6.18. The number of rotatable bonds is 8. The molecular formula is C31H52O6. The van der Waals surface area contributed by atoms with Crippen LogP contribution in [0, 0.1) is 34.0 Å². The van der Waals surface area contributed by atoms with Crippen molar-refractivity contribution in [3.63, 3.8) is 0 Å². The molecule has 0 bridgehead atoms. The number of allylic oxidation sites excluding steroid dienone is 1. The number of hydrogen-bond donors (Lipinski definition) is 4. The van der Waals surface area contributed by atoms with E-state index in [1.807, 2.05) is 13.8 Å². The lowest BCUT2D eigenvalue weighted by Gasteiger charge is -2.61. The van der Waals surface area contributed by atoms with Crippen LogP contribution in [0.3, 0.4) is 0 Å². The predicted molar refractivity (Wildman–Crippen MR) is 144 cm³/mol. The van der Waals surface area contributed by atoms with Gasteiger partial charge in [0.2, 0.25) is 0 Å². The molecule has 9 atom stereocenters. The number of fused-ring (bicyclic) bond motifs is 5. The van der Waals surface area contributed by atoms with Gasteiger partial charge in [-0.1, -0.05) is 34.6 Å². The summed E-state index contributed by atoms with van der Waals surface area (Å²) in [5, 5.41) is 43.9. The maximum absolute atomic E-state index is 13.4. The van der Waals surface area contributed by atoms with Crippen molar-refractivity contribution in [2.24, 2.45) is 34.0 Å². The normalized spacial score (nSPS) is 43.1. The van der Waals surface area contributed by atoms with Gasteiger partial charge in [-0.3, -0.25) is 4.79 Å². The molecule has 3 saturated carbocycles. The smallest absolute Gasteiger partial charge is 0.159 e. The molecule has 3 fully saturated rings. The van der Waals surface area contributed by atoms with Crippen LogP contribution in [-0.2, 0) is 9.53 Å². The molecule has 0 aromatic carbocycles. The van der Waals surface area contributed by atoms with Gasteiger partial charge in [0.1, 0.15) is 0 Å². The number of hydrogen-bond acceptors (Lipinski definition) is 6. The zero-order valence-corrected chi connectivity index (χ0v) is 24.2. The molecule has 5 unspecified atom stereocenters. The standard InChI is InChI=1S/C31H52O6/c1-8-15-37-26(11-12-27(2,3)35)28(4,5)25-10-14-31(36)20-16-22(32)21-17-23(33)24(34)18-29(21,6)19(20)9-13-30(25,31)7/h16,19,21,23-26,33-36H,8-15,17-18H2,1-7H3/t19?,21?,23-,24+,25?,26-,29?,30?,31-/m1/s1. The van der Waals surface area contributed by atoms with Crippen molar-refractivity contribution >= 4 is 5.78 Å². The zero-order valence-electron chi connectivity index (χ0n) is 24.2. The van der Waals surface area contributed by atoms with Crippen molar-refractivity contribution in [3.8, 4) is 0 Å². The topological polar surface area (TPSA) is 107 Å². The highest BCUT2D eigenvalue weighted by Crippen LogP contribution is 2.69. The molecule has 0 heterocycles. The number of carbonyl (C=O) groups is 1. The number of aliphatic hydroxyl groups excluding tert-OH is 2. The van der Waals surface area contributed by atoms with E-state index in [1.165, 1.54) is 0 Å². The Bertz CT molecular complexity index is 904. The van der Waals surface area contributed by atoms with Gasteiger partial charge in [-0.15, -0.1) is 0 Å². The quantitative estimate of drug-likeness (QED) is 0.374. The molecule has 4 rings (SSSR count). The van der Waals surface area contributed by atoms with Crippen LogP contribution in [0.1, 0.15) is 106 Å². The van der Waals surface area contributed by atoms with Crippen LogP contribution < -0.4 is 0 Å². The van der Waals surface area contributed by atoms with Gasteiger partial charge in [0.05, 0.1) is 29.5 Å². The third-order valence-corrected chi connectivity index (χ3v) is 11.4. The molecule has 0 amide bonds. The second kappa shape index (κ2) is 9.69. The molecule has 37 heavy (non-hydrogen) atoms. The van der Waals surface area contributed by atoms with Crippen molar-refractivity contribution in [1.82, 2.24) is 0 Å². The lowest BCUT2D eigenvalue weighted by Crippen LogP contribution is -2.61. The fraction of sp³-hybridized carbons (Fsp3) is 0.903. The number of aliphatic hydroxyl groups is 4. The largest absolute Gasteiger partial charge is 0.390 e. The van der Waals surface area contributed by atoms with Crippen molar-refractivity contribution < 1.29 is 30.0 Å². The molecule has 6 nitrogen and oxygen atoms in total. The number of ketones is 1. The lowest BCUT2D eigenvalue weighted by atomic mass is 9.45.